The number of fused-ring (bicyclic) bond motifs is 1. The summed E-state index contributed by atoms with van der Waals surface area (Å²) in [4.78, 5) is 24.0. The number of carbonyl (C=O) groups excluding carboxylic acids is 1. The van der Waals surface area contributed by atoms with Gasteiger partial charge < -0.3 is 28.8 Å². The second-order valence-corrected chi connectivity index (χ2v) is 13.1. The van der Waals surface area contributed by atoms with E-state index in [2.05, 4.69) is 25.3 Å². The van der Waals surface area contributed by atoms with Crippen molar-refractivity contribution in [1.82, 2.24) is 24.5 Å². The van der Waals surface area contributed by atoms with Crippen LogP contribution in [0.5, 0.6) is 5.75 Å². The van der Waals surface area contributed by atoms with E-state index in [1.807, 2.05) is 23.8 Å². The lowest BCUT2D eigenvalue weighted by Gasteiger charge is -2.26. The van der Waals surface area contributed by atoms with Gasteiger partial charge >= 0.3 is 14.5 Å². The van der Waals surface area contributed by atoms with Gasteiger partial charge in [0, 0.05) is 30.6 Å². The number of benzene rings is 1. The van der Waals surface area contributed by atoms with Crippen LogP contribution in [0.3, 0.4) is 0 Å². The van der Waals surface area contributed by atoms with E-state index in [0.29, 0.717) is 34.0 Å². The summed E-state index contributed by atoms with van der Waals surface area (Å²) in [5.74, 6) is 0.708. The number of nitrogen functional groups attached to an aromatic ring is 1. The topological polar surface area (TPSA) is 164 Å². The number of rotatable bonds is 16. The average molecular weight is 656 g/mol. The largest absolute Gasteiger partial charge is 0.461 e. The molecular formula is C27H39ClN7O6PS. The first-order valence-electron chi connectivity index (χ1n) is 14.0. The molecule has 16 heteroatoms. The van der Waals surface area contributed by atoms with Crippen molar-refractivity contribution in [1.29, 1.82) is 0 Å². The van der Waals surface area contributed by atoms with Crippen molar-refractivity contribution in [3.05, 3.63) is 41.6 Å². The van der Waals surface area contributed by atoms with Crippen LogP contribution >= 0.6 is 20.1 Å². The summed E-state index contributed by atoms with van der Waals surface area (Å²) < 4.78 is 37.2. The van der Waals surface area contributed by atoms with E-state index >= 15 is 0 Å². The predicted octanol–water partition coefficient (Wildman–Crippen LogP) is 4.63. The van der Waals surface area contributed by atoms with Crippen molar-refractivity contribution in [2.75, 3.05) is 31.1 Å². The molecule has 0 radical (unpaired) electrons. The number of aromatic nitrogens is 3. The Bertz CT molecular complexity index is 1380. The average Bonchev–Trinajstić information content (AvgIpc) is 3.65. The number of nitrogens with zero attached hydrogens (tertiary/aromatic N) is 3. The van der Waals surface area contributed by atoms with Gasteiger partial charge in [-0.3, -0.25) is 10.2 Å². The van der Waals surface area contributed by atoms with E-state index in [4.69, 9.17) is 35.9 Å². The van der Waals surface area contributed by atoms with Crippen LogP contribution in [0.25, 0.3) is 11.0 Å². The molecule has 1 aliphatic carbocycles. The highest BCUT2D eigenvalue weighted by Crippen LogP contribution is 2.38. The second kappa shape index (κ2) is 15.9. The highest BCUT2D eigenvalue weighted by Gasteiger charge is 2.28. The summed E-state index contributed by atoms with van der Waals surface area (Å²) in [5, 5.41) is 4.45. The predicted molar refractivity (Wildman–Crippen MR) is 169 cm³/mol. The Morgan fingerprint density at radius 2 is 1.93 bits per heavy atom. The summed E-state index contributed by atoms with van der Waals surface area (Å²) in [6.45, 7) is 3.95. The van der Waals surface area contributed by atoms with Crippen molar-refractivity contribution >= 4 is 59.9 Å². The Balaban J connectivity index is 1.42. The number of ether oxygens (including phenoxy) is 2. The molecule has 0 bridgehead atoms. The van der Waals surface area contributed by atoms with Crippen LogP contribution in [-0.4, -0.2) is 62.9 Å². The van der Waals surface area contributed by atoms with Crippen molar-refractivity contribution in [3.63, 3.8) is 0 Å². The summed E-state index contributed by atoms with van der Waals surface area (Å²) >= 11 is 6.04. The Morgan fingerprint density at radius 1 is 1.21 bits per heavy atom. The van der Waals surface area contributed by atoms with Gasteiger partial charge in [0.2, 0.25) is 5.95 Å². The van der Waals surface area contributed by atoms with Gasteiger partial charge in [0.05, 0.1) is 18.1 Å². The maximum atomic E-state index is 12.8. The molecule has 0 spiro atoms. The fourth-order valence-electron chi connectivity index (χ4n) is 4.66. The molecule has 2 heterocycles. The van der Waals surface area contributed by atoms with Crippen molar-refractivity contribution < 1.29 is 27.5 Å². The fourth-order valence-corrected chi connectivity index (χ4v) is 6.25. The number of methoxy groups -OCH3 is 1. The Kier molecular flexibility index (Phi) is 12.3. The number of halogens is 1. The molecule has 0 aliphatic heterocycles. The van der Waals surface area contributed by atoms with E-state index in [1.165, 1.54) is 6.26 Å². The van der Waals surface area contributed by atoms with Crippen LogP contribution in [0.1, 0.15) is 52.0 Å². The molecule has 1 fully saturated rings. The number of nitrogens with one attached hydrogen (secondary N) is 3. The molecule has 1 saturated carbocycles. The van der Waals surface area contributed by atoms with Crippen LogP contribution in [0, 0.1) is 0 Å². The first kappa shape index (κ1) is 33.3. The summed E-state index contributed by atoms with van der Waals surface area (Å²) in [6, 6.07) is 8.07. The Labute approximate surface area is 260 Å². The minimum absolute atomic E-state index is 0.0374. The third kappa shape index (κ3) is 9.70. The third-order valence-corrected chi connectivity index (χ3v) is 8.93. The maximum absolute atomic E-state index is 12.8. The van der Waals surface area contributed by atoms with Gasteiger partial charge in [0.25, 0.3) is 0 Å². The molecule has 13 nitrogen and oxygen atoms in total. The lowest BCUT2D eigenvalue weighted by molar-refractivity contribution is -0.150. The van der Waals surface area contributed by atoms with E-state index < -0.39 is 25.6 Å². The van der Waals surface area contributed by atoms with E-state index in [0.717, 1.165) is 25.7 Å². The molecule has 5 unspecified atom stereocenters. The van der Waals surface area contributed by atoms with Gasteiger partial charge in [0.1, 0.15) is 34.5 Å². The number of carbonyl (C=O) groups is 1. The van der Waals surface area contributed by atoms with Crippen LogP contribution < -0.4 is 25.6 Å². The van der Waals surface area contributed by atoms with Gasteiger partial charge in [-0.25, -0.2) is 9.30 Å². The van der Waals surface area contributed by atoms with Crippen LogP contribution in [0.15, 0.2) is 36.5 Å². The van der Waals surface area contributed by atoms with E-state index in [-0.39, 0.29) is 36.8 Å². The first-order valence-corrected chi connectivity index (χ1v) is 17.1. The van der Waals surface area contributed by atoms with Gasteiger partial charge in [0.15, 0.2) is 5.82 Å². The molecule has 0 saturated heterocycles. The molecule has 43 heavy (non-hydrogen) atoms. The minimum Gasteiger partial charge on any atom is -0.461 e. The lowest BCUT2D eigenvalue weighted by Crippen LogP contribution is -2.35. The molecule has 236 valence electrons. The molecule has 0 amide bonds. The number of hydrazine groups is 1. The molecular weight excluding hydrogens is 617 g/mol. The van der Waals surface area contributed by atoms with Crippen LogP contribution in [0.4, 0.5) is 11.8 Å². The lowest BCUT2D eigenvalue weighted by atomic mass is 10.1. The van der Waals surface area contributed by atoms with E-state index in [1.54, 1.807) is 38.3 Å². The fraction of sp³-hybridized carbons (Fsp3) is 0.519. The molecule has 3 aromatic rings. The van der Waals surface area contributed by atoms with Gasteiger partial charge in [-0.1, -0.05) is 11.6 Å². The third-order valence-electron chi connectivity index (χ3n) is 6.93. The molecule has 5 atom stereocenters. The van der Waals surface area contributed by atoms with Crippen molar-refractivity contribution in [2.45, 2.75) is 70.2 Å². The number of esters is 1. The normalized spacial score (nSPS) is 17.3. The summed E-state index contributed by atoms with van der Waals surface area (Å²) in [5.41, 5.74) is 9.41. The zero-order valence-electron chi connectivity index (χ0n) is 24.6. The highest BCUT2D eigenvalue weighted by molar-refractivity contribution is 7.82. The Morgan fingerprint density at radius 3 is 2.60 bits per heavy atom. The quantitative estimate of drug-likeness (QED) is 0.0966. The number of anilines is 2. The van der Waals surface area contributed by atoms with Crippen molar-refractivity contribution in [2.24, 2.45) is 0 Å². The van der Waals surface area contributed by atoms with Gasteiger partial charge in [-0.15, -0.1) is 0 Å². The highest BCUT2D eigenvalue weighted by atomic mass is 35.5. The number of hydrogen-bond acceptors (Lipinski definition) is 11. The van der Waals surface area contributed by atoms with Crippen LogP contribution in [-0.2, 0) is 29.8 Å². The molecule has 1 aliphatic rings. The molecule has 2 aromatic heterocycles. The first-order chi connectivity index (χ1) is 20.6. The zero-order valence-corrected chi connectivity index (χ0v) is 27.1. The SMILES string of the molecule is COC(COP(NC(C)C(=O)OC1CCCC1)Oc1ccc(Cl)cc1)CC(C)n1ccc2c(NNS(C)=O)nc(N)nc21. The zero-order chi connectivity index (χ0) is 30.9. The van der Waals surface area contributed by atoms with Crippen molar-refractivity contribution in [3.8, 4) is 5.75 Å². The molecule has 4 rings (SSSR count). The maximum Gasteiger partial charge on any atom is 0.323 e. The number of nitrogens with two attached hydrogens (primary N) is 1. The standard InChI is InChI=1S/C27H39ClN7O6PS/c1-17(35-14-13-23-24(32-34-43(4)37)30-27(29)31-25(23)35)15-22(38-3)16-39-42(41-21-11-9-19(28)10-12-21)33-18(2)26(36)40-20-7-5-6-8-20/h9-14,17-18,20,22,33-34H,5-8,15-16H2,1-4H3,(H3,29,30,31,32). The Hall–Kier alpha value is -2.58. The summed E-state index contributed by atoms with van der Waals surface area (Å²) in [6.07, 6.45) is 7.52. The smallest absolute Gasteiger partial charge is 0.323 e. The second-order valence-electron chi connectivity index (χ2n) is 10.3. The van der Waals surface area contributed by atoms with Gasteiger partial charge in [-0.05, 0) is 76.3 Å². The molecule has 1 aromatic carbocycles. The summed E-state index contributed by atoms with van der Waals surface area (Å²) in [7, 11) is -1.43. The minimum atomic E-state index is -1.75. The number of hydrogen-bond donors (Lipinski definition) is 4. The van der Waals surface area contributed by atoms with E-state index in [9.17, 15) is 9.00 Å². The van der Waals surface area contributed by atoms with Crippen LogP contribution in [0.2, 0.25) is 5.02 Å². The monoisotopic (exact) mass is 655 g/mol. The van der Waals surface area contributed by atoms with Gasteiger partial charge in [-0.2, -0.15) is 14.8 Å². The molecule has 5 N–H and O–H groups in total.